The van der Waals surface area contributed by atoms with Gasteiger partial charge in [0, 0.05) is 18.2 Å². The maximum atomic E-state index is 11.0. The van der Waals surface area contributed by atoms with Crippen molar-refractivity contribution in [1.82, 2.24) is 5.32 Å². The van der Waals surface area contributed by atoms with Crippen molar-refractivity contribution in [2.45, 2.75) is 38.1 Å². The highest BCUT2D eigenvalue weighted by molar-refractivity contribution is 6.33. The standard InChI is InChI=1S/C15H18ClNO3/c16-13-10-4-2-1-3-8(10)5-11(14(13)18)12-6-9(7-17-12)15(19)20/h5,9,12,17-18H,1-4,6-7H2,(H,19,20). The Balaban J connectivity index is 1.94. The zero-order chi connectivity index (χ0) is 14.3. The number of phenols is 1. The van der Waals surface area contributed by atoms with Crippen LogP contribution in [-0.4, -0.2) is 22.7 Å². The quantitative estimate of drug-likeness (QED) is 0.784. The number of fused-ring (bicyclic) bond motifs is 1. The number of aryl methyl sites for hydroxylation is 1. The minimum Gasteiger partial charge on any atom is -0.506 e. The predicted octanol–water partition coefficient (Wildman–Crippen LogP) is 2.66. The number of carboxylic acid groups (broad SMARTS) is 1. The molecule has 4 nitrogen and oxygen atoms in total. The van der Waals surface area contributed by atoms with E-state index in [0.717, 1.165) is 36.8 Å². The van der Waals surface area contributed by atoms with Crippen molar-refractivity contribution in [2.24, 2.45) is 5.92 Å². The lowest BCUT2D eigenvalue weighted by Crippen LogP contribution is -2.17. The molecule has 3 N–H and O–H groups in total. The summed E-state index contributed by atoms with van der Waals surface area (Å²) in [6, 6.07) is 1.89. The van der Waals surface area contributed by atoms with E-state index < -0.39 is 11.9 Å². The number of hydrogen-bond acceptors (Lipinski definition) is 3. The second kappa shape index (κ2) is 5.26. The van der Waals surface area contributed by atoms with Crippen LogP contribution in [0.4, 0.5) is 0 Å². The Morgan fingerprint density at radius 2 is 2.10 bits per heavy atom. The summed E-state index contributed by atoms with van der Waals surface area (Å²) in [5, 5.41) is 23.0. The average molecular weight is 296 g/mol. The molecule has 0 bridgehead atoms. The summed E-state index contributed by atoms with van der Waals surface area (Å²) in [6.45, 7) is 0.439. The Morgan fingerprint density at radius 1 is 1.35 bits per heavy atom. The zero-order valence-electron chi connectivity index (χ0n) is 11.2. The Hall–Kier alpha value is -1.26. The first-order valence-corrected chi connectivity index (χ1v) is 7.45. The fourth-order valence-electron chi connectivity index (χ4n) is 3.29. The van der Waals surface area contributed by atoms with E-state index in [2.05, 4.69) is 5.32 Å². The van der Waals surface area contributed by atoms with Gasteiger partial charge in [0.2, 0.25) is 0 Å². The largest absolute Gasteiger partial charge is 0.506 e. The minimum atomic E-state index is -0.788. The lowest BCUT2D eigenvalue weighted by molar-refractivity contribution is -0.141. The fraction of sp³-hybridized carbons (Fsp3) is 0.533. The highest BCUT2D eigenvalue weighted by atomic mass is 35.5. The van der Waals surface area contributed by atoms with Crippen LogP contribution in [0.15, 0.2) is 6.07 Å². The third-order valence-electron chi connectivity index (χ3n) is 4.44. The number of phenolic OH excluding ortho intramolecular Hbond substituents is 1. The highest BCUT2D eigenvalue weighted by Crippen LogP contribution is 2.42. The number of hydrogen-bond donors (Lipinski definition) is 3. The van der Waals surface area contributed by atoms with Gasteiger partial charge in [0.25, 0.3) is 0 Å². The molecule has 5 heteroatoms. The van der Waals surface area contributed by atoms with E-state index in [1.165, 1.54) is 5.56 Å². The zero-order valence-corrected chi connectivity index (χ0v) is 11.9. The van der Waals surface area contributed by atoms with Crippen molar-refractivity contribution < 1.29 is 15.0 Å². The number of benzene rings is 1. The van der Waals surface area contributed by atoms with E-state index in [9.17, 15) is 9.90 Å². The Kier molecular flexibility index (Phi) is 3.61. The van der Waals surface area contributed by atoms with Gasteiger partial charge in [-0.2, -0.15) is 0 Å². The van der Waals surface area contributed by atoms with Crippen LogP contribution in [-0.2, 0) is 17.6 Å². The van der Waals surface area contributed by atoms with Crippen LogP contribution in [0.3, 0.4) is 0 Å². The topological polar surface area (TPSA) is 69.6 Å². The second-order valence-electron chi connectivity index (χ2n) is 5.70. The third kappa shape index (κ3) is 2.27. The fourth-order valence-corrected chi connectivity index (χ4v) is 3.62. The van der Waals surface area contributed by atoms with Gasteiger partial charge in [-0.3, -0.25) is 4.79 Å². The molecule has 0 spiro atoms. The second-order valence-corrected chi connectivity index (χ2v) is 6.08. The Morgan fingerprint density at radius 3 is 2.80 bits per heavy atom. The summed E-state index contributed by atoms with van der Waals surface area (Å²) in [7, 11) is 0. The van der Waals surface area contributed by atoms with Gasteiger partial charge in [-0.25, -0.2) is 0 Å². The van der Waals surface area contributed by atoms with Crippen molar-refractivity contribution in [1.29, 1.82) is 0 Å². The molecule has 20 heavy (non-hydrogen) atoms. The molecule has 0 amide bonds. The van der Waals surface area contributed by atoms with Crippen LogP contribution in [0, 0.1) is 5.92 Å². The van der Waals surface area contributed by atoms with Gasteiger partial charge in [0.1, 0.15) is 5.75 Å². The normalized spacial score (nSPS) is 25.4. The molecule has 3 rings (SSSR count). The van der Waals surface area contributed by atoms with Crippen LogP contribution < -0.4 is 5.32 Å². The van der Waals surface area contributed by atoms with Gasteiger partial charge < -0.3 is 15.5 Å². The molecule has 0 saturated carbocycles. The number of aliphatic carboxylic acids is 1. The molecular weight excluding hydrogens is 278 g/mol. The summed E-state index contributed by atoms with van der Waals surface area (Å²) in [6.07, 6.45) is 4.64. The molecule has 1 fully saturated rings. The maximum absolute atomic E-state index is 11.0. The number of carboxylic acids is 1. The number of rotatable bonds is 2. The lowest BCUT2D eigenvalue weighted by Gasteiger charge is -2.22. The van der Waals surface area contributed by atoms with Crippen molar-refractivity contribution >= 4 is 17.6 Å². The van der Waals surface area contributed by atoms with Crippen LogP contribution in [0.2, 0.25) is 5.02 Å². The molecule has 1 aromatic carbocycles. The van der Waals surface area contributed by atoms with E-state index in [0.29, 0.717) is 18.0 Å². The Bertz CT molecular complexity index is 559. The number of halogens is 1. The molecule has 1 aromatic rings. The van der Waals surface area contributed by atoms with Gasteiger partial charge in [0.15, 0.2) is 0 Å². The molecule has 0 radical (unpaired) electrons. The smallest absolute Gasteiger partial charge is 0.307 e. The van der Waals surface area contributed by atoms with Gasteiger partial charge in [-0.1, -0.05) is 17.7 Å². The minimum absolute atomic E-state index is 0.121. The maximum Gasteiger partial charge on any atom is 0.307 e. The van der Waals surface area contributed by atoms with Crippen molar-refractivity contribution in [2.75, 3.05) is 6.54 Å². The van der Waals surface area contributed by atoms with Gasteiger partial charge in [0.05, 0.1) is 10.9 Å². The number of aromatic hydroxyl groups is 1. The van der Waals surface area contributed by atoms with Crippen LogP contribution in [0.25, 0.3) is 0 Å². The van der Waals surface area contributed by atoms with Crippen LogP contribution in [0.1, 0.15) is 42.0 Å². The SMILES string of the molecule is O=C(O)C1CNC(c2cc3c(c(Cl)c2O)CCCC3)C1. The molecule has 2 unspecified atom stereocenters. The van der Waals surface area contributed by atoms with Gasteiger partial charge in [-0.05, 0) is 43.2 Å². The van der Waals surface area contributed by atoms with E-state index in [1.54, 1.807) is 0 Å². The van der Waals surface area contributed by atoms with Crippen molar-refractivity contribution in [3.8, 4) is 5.75 Å². The number of nitrogens with one attached hydrogen (secondary N) is 1. The molecule has 0 aromatic heterocycles. The first-order chi connectivity index (χ1) is 9.58. The highest BCUT2D eigenvalue weighted by Gasteiger charge is 2.33. The average Bonchev–Trinajstić information content (AvgIpc) is 2.92. The number of carbonyl (C=O) groups is 1. The lowest BCUT2D eigenvalue weighted by atomic mass is 9.87. The molecule has 1 aliphatic carbocycles. The van der Waals surface area contributed by atoms with Gasteiger partial charge in [-0.15, -0.1) is 0 Å². The van der Waals surface area contributed by atoms with E-state index in [1.807, 2.05) is 6.07 Å². The van der Waals surface area contributed by atoms with E-state index >= 15 is 0 Å². The van der Waals surface area contributed by atoms with Gasteiger partial charge >= 0.3 is 5.97 Å². The molecule has 2 atom stereocenters. The molecule has 2 aliphatic rings. The third-order valence-corrected chi connectivity index (χ3v) is 4.85. The van der Waals surface area contributed by atoms with Crippen molar-refractivity contribution in [3.05, 3.63) is 27.8 Å². The summed E-state index contributed by atoms with van der Waals surface area (Å²) in [4.78, 5) is 11.0. The molecule has 1 heterocycles. The first-order valence-electron chi connectivity index (χ1n) is 7.07. The van der Waals surface area contributed by atoms with Crippen molar-refractivity contribution in [3.63, 3.8) is 0 Å². The monoisotopic (exact) mass is 295 g/mol. The van der Waals surface area contributed by atoms with Crippen LogP contribution in [0.5, 0.6) is 5.75 Å². The first kappa shape index (κ1) is 13.7. The summed E-state index contributed by atoms with van der Waals surface area (Å²) in [5.74, 6) is -1.06. The summed E-state index contributed by atoms with van der Waals surface area (Å²) >= 11 is 6.30. The summed E-state index contributed by atoms with van der Waals surface area (Å²) in [5.41, 5.74) is 3.01. The van der Waals surface area contributed by atoms with E-state index in [-0.39, 0.29) is 11.8 Å². The van der Waals surface area contributed by atoms with E-state index in [4.69, 9.17) is 16.7 Å². The molecular formula is C15H18ClNO3. The molecule has 1 saturated heterocycles. The van der Waals surface area contributed by atoms with Crippen LogP contribution >= 0.6 is 11.6 Å². The molecule has 1 aliphatic heterocycles. The Labute approximate surface area is 122 Å². The predicted molar refractivity (Wildman–Crippen MR) is 76.2 cm³/mol. The summed E-state index contributed by atoms with van der Waals surface area (Å²) < 4.78 is 0. The molecule has 108 valence electrons.